The van der Waals surface area contributed by atoms with Crippen molar-refractivity contribution in [2.45, 2.75) is 18.9 Å². The molecule has 1 aliphatic heterocycles. The van der Waals surface area contributed by atoms with Crippen molar-refractivity contribution >= 4 is 43.3 Å². The Kier molecular flexibility index (Phi) is 2.81. The first-order valence-corrected chi connectivity index (χ1v) is 7.41. The molecule has 3 rings (SSSR count). The SMILES string of the molecule is BrCC1CCCN1c1ncnc2ccsc12. The summed E-state index contributed by atoms with van der Waals surface area (Å²) < 4.78 is 1.22. The second kappa shape index (κ2) is 4.30. The number of halogens is 1. The van der Waals surface area contributed by atoms with E-state index in [0.717, 1.165) is 23.2 Å². The van der Waals surface area contributed by atoms with Gasteiger partial charge >= 0.3 is 0 Å². The van der Waals surface area contributed by atoms with Crippen LogP contribution < -0.4 is 4.90 Å². The minimum atomic E-state index is 0.584. The van der Waals surface area contributed by atoms with Crippen LogP contribution in [0.3, 0.4) is 0 Å². The maximum absolute atomic E-state index is 4.46. The first-order valence-electron chi connectivity index (χ1n) is 5.41. The zero-order valence-electron chi connectivity index (χ0n) is 8.77. The van der Waals surface area contributed by atoms with Gasteiger partial charge in [-0.2, -0.15) is 0 Å². The van der Waals surface area contributed by atoms with Gasteiger partial charge in [0.15, 0.2) is 0 Å². The standard InChI is InChI=1S/C11H12BrN3S/c12-6-8-2-1-4-15(8)11-10-9(3-5-16-10)13-7-14-11/h3,5,7-8H,1-2,4,6H2. The van der Waals surface area contributed by atoms with Gasteiger partial charge in [0.05, 0.1) is 10.2 Å². The number of nitrogens with zero attached hydrogens (tertiary/aromatic N) is 3. The van der Waals surface area contributed by atoms with E-state index in [9.17, 15) is 0 Å². The summed E-state index contributed by atoms with van der Waals surface area (Å²) in [5, 5.41) is 3.10. The van der Waals surface area contributed by atoms with Crippen molar-refractivity contribution in [1.82, 2.24) is 9.97 Å². The van der Waals surface area contributed by atoms with Crippen molar-refractivity contribution in [3.8, 4) is 0 Å². The van der Waals surface area contributed by atoms with E-state index >= 15 is 0 Å². The lowest BCUT2D eigenvalue weighted by Crippen LogP contribution is -2.31. The summed E-state index contributed by atoms with van der Waals surface area (Å²) in [6.07, 6.45) is 4.18. The third-order valence-corrected chi connectivity index (χ3v) is 4.70. The number of aromatic nitrogens is 2. The summed E-state index contributed by atoms with van der Waals surface area (Å²) in [7, 11) is 0. The molecular weight excluding hydrogens is 286 g/mol. The Morgan fingerprint density at radius 1 is 1.50 bits per heavy atom. The lowest BCUT2D eigenvalue weighted by atomic mass is 10.2. The molecule has 1 atom stereocenters. The normalized spacial score (nSPS) is 20.8. The molecule has 1 unspecified atom stereocenters. The fourth-order valence-electron chi connectivity index (χ4n) is 2.26. The lowest BCUT2D eigenvalue weighted by molar-refractivity contribution is 0.744. The van der Waals surface area contributed by atoms with Gasteiger partial charge in [0.1, 0.15) is 12.1 Å². The molecular formula is C11H12BrN3S. The van der Waals surface area contributed by atoms with Crippen LogP contribution in [-0.2, 0) is 0 Å². The summed E-state index contributed by atoms with van der Waals surface area (Å²) in [6, 6.07) is 2.64. The molecule has 0 aliphatic carbocycles. The molecule has 16 heavy (non-hydrogen) atoms. The van der Waals surface area contributed by atoms with E-state index in [2.05, 4.69) is 42.2 Å². The Hall–Kier alpha value is -0.680. The van der Waals surface area contributed by atoms with Crippen LogP contribution in [0.2, 0.25) is 0 Å². The first kappa shape index (κ1) is 10.5. The average Bonchev–Trinajstić information content (AvgIpc) is 2.96. The molecule has 0 saturated carbocycles. The van der Waals surface area contributed by atoms with E-state index in [4.69, 9.17) is 0 Å². The molecule has 5 heteroatoms. The predicted molar refractivity (Wildman–Crippen MR) is 71.6 cm³/mol. The smallest absolute Gasteiger partial charge is 0.150 e. The lowest BCUT2D eigenvalue weighted by Gasteiger charge is -2.24. The number of thiophene rings is 1. The topological polar surface area (TPSA) is 29.0 Å². The van der Waals surface area contributed by atoms with Crippen LogP contribution in [0.5, 0.6) is 0 Å². The Labute approximate surface area is 107 Å². The van der Waals surface area contributed by atoms with Gasteiger partial charge in [-0.15, -0.1) is 11.3 Å². The average molecular weight is 298 g/mol. The Morgan fingerprint density at radius 3 is 3.31 bits per heavy atom. The van der Waals surface area contributed by atoms with Gasteiger partial charge in [-0.3, -0.25) is 0 Å². The van der Waals surface area contributed by atoms with Gasteiger partial charge in [-0.25, -0.2) is 9.97 Å². The molecule has 0 aromatic carbocycles. The van der Waals surface area contributed by atoms with Gasteiger partial charge in [0.2, 0.25) is 0 Å². The van der Waals surface area contributed by atoms with Crippen LogP contribution in [0.15, 0.2) is 17.8 Å². The van der Waals surface area contributed by atoms with Crippen molar-refractivity contribution in [2.75, 3.05) is 16.8 Å². The molecule has 1 fully saturated rings. The minimum Gasteiger partial charge on any atom is -0.352 e. The molecule has 0 amide bonds. The number of anilines is 1. The van der Waals surface area contributed by atoms with Gasteiger partial charge in [0, 0.05) is 17.9 Å². The molecule has 1 aliphatic rings. The molecule has 2 aromatic rings. The van der Waals surface area contributed by atoms with Gasteiger partial charge < -0.3 is 4.90 Å². The quantitative estimate of drug-likeness (QED) is 0.798. The number of hydrogen-bond acceptors (Lipinski definition) is 4. The maximum Gasteiger partial charge on any atom is 0.150 e. The van der Waals surface area contributed by atoms with Gasteiger partial charge in [-0.1, -0.05) is 15.9 Å². The van der Waals surface area contributed by atoms with Crippen molar-refractivity contribution in [2.24, 2.45) is 0 Å². The van der Waals surface area contributed by atoms with Crippen molar-refractivity contribution in [1.29, 1.82) is 0 Å². The molecule has 2 aromatic heterocycles. The molecule has 3 nitrogen and oxygen atoms in total. The highest BCUT2D eigenvalue weighted by atomic mass is 79.9. The number of alkyl halides is 1. The zero-order chi connectivity index (χ0) is 11.0. The van der Waals surface area contributed by atoms with E-state index < -0.39 is 0 Å². The van der Waals surface area contributed by atoms with Gasteiger partial charge in [-0.05, 0) is 24.3 Å². The number of hydrogen-bond donors (Lipinski definition) is 0. The molecule has 0 radical (unpaired) electrons. The highest BCUT2D eigenvalue weighted by Crippen LogP contribution is 2.32. The fourth-order valence-corrected chi connectivity index (χ4v) is 3.78. The highest BCUT2D eigenvalue weighted by molar-refractivity contribution is 9.09. The van der Waals surface area contributed by atoms with E-state index in [1.807, 2.05) is 0 Å². The molecule has 1 saturated heterocycles. The molecule has 3 heterocycles. The maximum atomic E-state index is 4.46. The summed E-state index contributed by atoms with van der Waals surface area (Å²) in [4.78, 5) is 11.2. The van der Waals surface area contributed by atoms with Crippen molar-refractivity contribution in [3.63, 3.8) is 0 Å². The van der Waals surface area contributed by atoms with E-state index in [1.54, 1.807) is 17.7 Å². The van der Waals surface area contributed by atoms with Crippen LogP contribution in [-0.4, -0.2) is 27.9 Å². The van der Waals surface area contributed by atoms with E-state index in [1.165, 1.54) is 17.5 Å². The minimum absolute atomic E-state index is 0.584. The Morgan fingerprint density at radius 2 is 2.44 bits per heavy atom. The second-order valence-corrected chi connectivity index (χ2v) is 5.54. The van der Waals surface area contributed by atoms with Crippen molar-refractivity contribution in [3.05, 3.63) is 17.8 Å². The third-order valence-electron chi connectivity index (χ3n) is 3.05. The van der Waals surface area contributed by atoms with Crippen LogP contribution in [0.25, 0.3) is 10.2 Å². The Bertz CT molecular complexity index is 499. The van der Waals surface area contributed by atoms with Crippen LogP contribution in [0.1, 0.15) is 12.8 Å². The van der Waals surface area contributed by atoms with Gasteiger partial charge in [0.25, 0.3) is 0 Å². The molecule has 84 valence electrons. The second-order valence-electron chi connectivity index (χ2n) is 3.98. The summed E-state index contributed by atoms with van der Waals surface area (Å²) in [5.41, 5.74) is 1.07. The zero-order valence-corrected chi connectivity index (χ0v) is 11.2. The summed E-state index contributed by atoms with van der Waals surface area (Å²) in [5.74, 6) is 1.11. The van der Waals surface area contributed by atoms with Crippen molar-refractivity contribution < 1.29 is 0 Å². The highest BCUT2D eigenvalue weighted by Gasteiger charge is 2.26. The first-order chi connectivity index (χ1) is 7.90. The number of rotatable bonds is 2. The molecule has 0 N–H and O–H groups in total. The van der Waals surface area contributed by atoms with E-state index in [-0.39, 0.29) is 0 Å². The summed E-state index contributed by atoms with van der Waals surface area (Å²) >= 11 is 5.32. The predicted octanol–water partition coefficient (Wildman–Crippen LogP) is 3.06. The molecule has 0 spiro atoms. The Balaban J connectivity index is 2.07. The van der Waals surface area contributed by atoms with Crippen LogP contribution in [0, 0.1) is 0 Å². The largest absolute Gasteiger partial charge is 0.352 e. The number of fused-ring (bicyclic) bond motifs is 1. The van der Waals surface area contributed by atoms with Crippen LogP contribution >= 0.6 is 27.3 Å². The van der Waals surface area contributed by atoms with E-state index in [0.29, 0.717) is 6.04 Å². The monoisotopic (exact) mass is 297 g/mol. The molecule has 0 bridgehead atoms. The van der Waals surface area contributed by atoms with Crippen LogP contribution in [0.4, 0.5) is 5.82 Å². The fraction of sp³-hybridized carbons (Fsp3) is 0.455. The third kappa shape index (κ3) is 1.62. The summed E-state index contributed by atoms with van der Waals surface area (Å²) in [6.45, 7) is 1.11.